The molecule has 0 amide bonds. The van der Waals surface area contributed by atoms with Crippen molar-refractivity contribution in [2.24, 2.45) is 9.98 Å². The zero-order chi connectivity index (χ0) is 23.7. The van der Waals surface area contributed by atoms with E-state index in [-0.39, 0.29) is 0 Å². The molecule has 0 saturated carbocycles. The van der Waals surface area contributed by atoms with Crippen LogP contribution in [0.1, 0.15) is 31.8 Å². The van der Waals surface area contributed by atoms with Crippen LogP contribution in [-0.4, -0.2) is 12.6 Å². The summed E-state index contributed by atoms with van der Waals surface area (Å²) in [6.07, 6.45) is 4.19. The molecule has 0 saturated heterocycles. The lowest BCUT2D eigenvalue weighted by Gasteiger charge is -2.06. The molecule has 166 valence electrons. The van der Waals surface area contributed by atoms with Gasteiger partial charge in [0, 0.05) is 16.8 Å². The smallest absolute Gasteiger partial charge is 0.155 e. The van der Waals surface area contributed by atoms with Crippen molar-refractivity contribution >= 4 is 45.9 Å². The van der Waals surface area contributed by atoms with Gasteiger partial charge in [-0.15, -0.1) is 0 Å². The molecule has 0 aliphatic heterocycles. The van der Waals surface area contributed by atoms with Crippen LogP contribution in [0, 0.1) is 13.8 Å². The number of nitrogens with zero attached hydrogens (tertiary/aromatic N) is 2. The topological polar surface area (TPSA) is 85.1 Å². The second-order valence-corrected chi connectivity index (χ2v) is 8.05. The molecule has 2 aromatic heterocycles. The fourth-order valence-corrected chi connectivity index (χ4v) is 3.72. The quantitative estimate of drug-likeness (QED) is 0.254. The molecule has 6 nitrogen and oxygen atoms in total. The van der Waals surface area contributed by atoms with Crippen LogP contribution in [0.15, 0.2) is 92.0 Å². The highest BCUT2D eigenvalue weighted by molar-refractivity contribution is 5.95. The third-order valence-corrected chi connectivity index (χ3v) is 5.57. The predicted molar refractivity (Wildman–Crippen MR) is 130 cm³/mol. The van der Waals surface area contributed by atoms with Crippen molar-refractivity contribution in [3.05, 3.63) is 106 Å². The highest BCUT2D eigenvalue weighted by Gasteiger charge is 2.12. The van der Waals surface area contributed by atoms with Gasteiger partial charge in [-0.1, -0.05) is 35.4 Å². The maximum absolute atomic E-state index is 11.8. The normalized spacial score (nSPS) is 12.4. The van der Waals surface area contributed by atoms with E-state index in [1.165, 1.54) is 12.5 Å². The number of aryl methyl sites for hydroxylation is 2. The van der Waals surface area contributed by atoms with E-state index in [2.05, 4.69) is 0 Å². The molecule has 0 aliphatic rings. The summed E-state index contributed by atoms with van der Waals surface area (Å²) in [7, 11) is 0. The van der Waals surface area contributed by atoms with Gasteiger partial charge in [-0.2, -0.15) is 0 Å². The third-order valence-electron chi connectivity index (χ3n) is 5.57. The Hall–Kier alpha value is -4.58. The molecule has 0 atom stereocenters. The maximum atomic E-state index is 11.8. The van der Waals surface area contributed by atoms with Crippen LogP contribution >= 0.6 is 0 Å². The van der Waals surface area contributed by atoms with Gasteiger partial charge in [0.25, 0.3) is 0 Å². The zero-order valence-electron chi connectivity index (χ0n) is 18.6. The molecule has 2 heterocycles. The SMILES string of the molecule is Cc1ccc(N=c2c(C=O)coc3cc4occ(C=O)c(=Nc5ccc(C)cc5)c4cc23)cc1. The van der Waals surface area contributed by atoms with Crippen LogP contribution in [-0.2, 0) is 0 Å². The van der Waals surface area contributed by atoms with Crippen LogP contribution in [0.3, 0.4) is 0 Å². The Bertz CT molecular complexity index is 1570. The summed E-state index contributed by atoms with van der Waals surface area (Å²) >= 11 is 0. The van der Waals surface area contributed by atoms with Gasteiger partial charge in [0.2, 0.25) is 0 Å². The summed E-state index contributed by atoms with van der Waals surface area (Å²) < 4.78 is 11.4. The Morgan fingerprint density at radius 1 is 0.618 bits per heavy atom. The standard InChI is InChI=1S/C28H20N2O4/c1-17-3-7-21(8-4-17)29-27-19(13-31)15-33-25-12-26-24(11-23(25)27)28(20(14-32)16-34-26)30-22-9-5-18(2)6-10-22/h3-16H,1-2H3. The Morgan fingerprint density at radius 2 is 1.03 bits per heavy atom. The van der Waals surface area contributed by atoms with Crippen LogP contribution in [0.25, 0.3) is 21.9 Å². The molecular weight excluding hydrogens is 428 g/mol. The molecule has 0 aliphatic carbocycles. The van der Waals surface area contributed by atoms with Gasteiger partial charge >= 0.3 is 0 Å². The van der Waals surface area contributed by atoms with Crippen molar-refractivity contribution < 1.29 is 18.4 Å². The van der Waals surface area contributed by atoms with Crippen molar-refractivity contribution in [3.63, 3.8) is 0 Å². The first-order chi connectivity index (χ1) is 16.6. The van der Waals surface area contributed by atoms with Gasteiger partial charge in [-0.3, -0.25) is 9.59 Å². The monoisotopic (exact) mass is 448 g/mol. The fourth-order valence-electron chi connectivity index (χ4n) is 3.72. The Kier molecular flexibility index (Phi) is 5.47. The summed E-state index contributed by atoms with van der Waals surface area (Å²) in [5.41, 5.74) is 5.24. The van der Waals surface area contributed by atoms with Gasteiger partial charge in [0.15, 0.2) is 12.6 Å². The molecule has 0 bridgehead atoms. The van der Waals surface area contributed by atoms with E-state index in [9.17, 15) is 9.59 Å². The molecule has 5 rings (SSSR count). The molecule has 0 fully saturated rings. The minimum absolute atomic E-state index is 0.313. The largest absolute Gasteiger partial charge is 0.463 e. The molecule has 0 unspecified atom stereocenters. The highest BCUT2D eigenvalue weighted by Crippen LogP contribution is 2.22. The summed E-state index contributed by atoms with van der Waals surface area (Å²) in [5.74, 6) is 0. The molecule has 0 spiro atoms. The minimum Gasteiger partial charge on any atom is -0.463 e. The van der Waals surface area contributed by atoms with Crippen LogP contribution in [0.5, 0.6) is 0 Å². The summed E-state index contributed by atoms with van der Waals surface area (Å²) in [6.45, 7) is 3.99. The number of carbonyl (C=O) groups is 2. The number of hydrogen-bond acceptors (Lipinski definition) is 6. The first-order valence-electron chi connectivity index (χ1n) is 10.7. The first kappa shape index (κ1) is 21.3. The number of fused-ring (bicyclic) bond motifs is 2. The Morgan fingerprint density at radius 3 is 1.41 bits per heavy atom. The van der Waals surface area contributed by atoms with Gasteiger partial charge in [0.1, 0.15) is 23.7 Å². The lowest BCUT2D eigenvalue weighted by molar-refractivity contribution is 0.111. The van der Waals surface area contributed by atoms with Gasteiger partial charge in [-0.25, -0.2) is 9.98 Å². The average molecular weight is 448 g/mol. The Balaban J connectivity index is 1.88. The van der Waals surface area contributed by atoms with Crippen molar-refractivity contribution in [2.45, 2.75) is 13.8 Å². The summed E-state index contributed by atoms with van der Waals surface area (Å²) in [6, 6.07) is 18.9. The van der Waals surface area contributed by atoms with E-state index in [0.29, 0.717) is 67.7 Å². The molecular formula is C28H20N2O4. The Labute approximate surface area is 194 Å². The third kappa shape index (κ3) is 3.97. The van der Waals surface area contributed by atoms with E-state index >= 15 is 0 Å². The second kappa shape index (κ2) is 8.75. The van der Waals surface area contributed by atoms with E-state index in [1.807, 2.05) is 62.4 Å². The average Bonchev–Trinajstić information content (AvgIpc) is 2.86. The van der Waals surface area contributed by atoms with E-state index in [1.54, 1.807) is 12.1 Å². The fraction of sp³-hybridized carbons (Fsp3) is 0.0714. The summed E-state index contributed by atoms with van der Waals surface area (Å²) in [4.78, 5) is 33.1. The highest BCUT2D eigenvalue weighted by atomic mass is 16.3. The van der Waals surface area contributed by atoms with Crippen LogP contribution in [0.2, 0.25) is 0 Å². The number of carbonyl (C=O) groups excluding carboxylic acids is 2. The minimum atomic E-state index is 0.313. The number of rotatable bonds is 4. The molecule has 6 heteroatoms. The van der Waals surface area contributed by atoms with Crippen molar-refractivity contribution in [3.8, 4) is 0 Å². The maximum Gasteiger partial charge on any atom is 0.155 e. The van der Waals surface area contributed by atoms with Gasteiger partial charge in [-0.05, 0) is 44.2 Å². The first-order valence-corrected chi connectivity index (χ1v) is 10.7. The predicted octanol–water partition coefficient (Wildman–Crippen LogP) is 5.89. The number of hydrogen-bond donors (Lipinski definition) is 0. The van der Waals surface area contributed by atoms with Crippen molar-refractivity contribution in [1.29, 1.82) is 0 Å². The zero-order valence-corrected chi connectivity index (χ0v) is 18.6. The van der Waals surface area contributed by atoms with Gasteiger partial charge < -0.3 is 8.83 Å². The van der Waals surface area contributed by atoms with E-state index in [4.69, 9.17) is 18.8 Å². The van der Waals surface area contributed by atoms with Gasteiger partial charge in [0.05, 0.1) is 33.2 Å². The van der Waals surface area contributed by atoms with E-state index in [0.717, 1.165) is 11.1 Å². The van der Waals surface area contributed by atoms with Crippen molar-refractivity contribution in [1.82, 2.24) is 0 Å². The lowest BCUT2D eigenvalue weighted by Crippen LogP contribution is -2.13. The number of aldehydes is 2. The molecule has 3 aromatic carbocycles. The van der Waals surface area contributed by atoms with E-state index < -0.39 is 0 Å². The van der Waals surface area contributed by atoms with Crippen LogP contribution < -0.4 is 10.7 Å². The van der Waals surface area contributed by atoms with Crippen molar-refractivity contribution in [2.75, 3.05) is 0 Å². The second-order valence-electron chi connectivity index (χ2n) is 8.05. The summed E-state index contributed by atoms with van der Waals surface area (Å²) in [5, 5.41) is 2.16. The molecule has 0 N–H and O–H groups in total. The van der Waals surface area contributed by atoms with Crippen LogP contribution in [0.4, 0.5) is 11.4 Å². The molecule has 5 aromatic rings. The lowest BCUT2D eigenvalue weighted by atomic mass is 10.1. The molecule has 0 radical (unpaired) electrons. The molecule has 34 heavy (non-hydrogen) atoms. The number of benzene rings is 3.